The number of hydrogen-bond acceptors (Lipinski definition) is 2. The van der Waals surface area contributed by atoms with Gasteiger partial charge in [-0.15, -0.1) is 0 Å². The highest BCUT2D eigenvalue weighted by Gasteiger charge is 2.42. The monoisotopic (exact) mass is 259 g/mol. The van der Waals surface area contributed by atoms with E-state index in [1.54, 1.807) is 0 Å². The van der Waals surface area contributed by atoms with Crippen LogP contribution in [0.3, 0.4) is 0 Å². The molecule has 2 aliphatic rings. The summed E-state index contributed by atoms with van der Waals surface area (Å²) >= 11 is 0. The molecule has 0 radical (unpaired) electrons. The Kier molecular flexibility index (Phi) is 3.64. The van der Waals surface area contributed by atoms with E-state index >= 15 is 0 Å². The van der Waals surface area contributed by atoms with E-state index in [1.807, 2.05) is 0 Å². The Bertz CT molecular complexity index is 439. The molecule has 104 valence electrons. The highest BCUT2D eigenvalue weighted by atomic mass is 16.5. The van der Waals surface area contributed by atoms with Crippen molar-refractivity contribution in [2.75, 3.05) is 6.61 Å². The van der Waals surface area contributed by atoms with Gasteiger partial charge in [0.25, 0.3) is 0 Å². The molecule has 1 aromatic rings. The SMILES string of the molecule is Cc1ccccc1[C@@H](C)NC1CCOC2(CCC2)C1. The number of aryl methyl sites for hydroxylation is 1. The molecule has 1 spiro atoms. The molecule has 1 aromatic carbocycles. The number of hydrogen-bond donors (Lipinski definition) is 1. The van der Waals surface area contributed by atoms with Gasteiger partial charge in [-0.05, 0) is 57.1 Å². The Balaban J connectivity index is 1.63. The fourth-order valence-electron chi connectivity index (χ4n) is 3.61. The minimum Gasteiger partial charge on any atom is -0.375 e. The molecule has 1 heterocycles. The Morgan fingerprint density at radius 1 is 1.32 bits per heavy atom. The van der Waals surface area contributed by atoms with E-state index in [0.29, 0.717) is 12.1 Å². The summed E-state index contributed by atoms with van der Waals surface area (Å²) < 4.78 is 6.00. The zero-order valence-corrected chi connectivity index (χ0v) is 12.1. The average Bonchev–Trinajstić information content (AvgIpc) is 2.37. The van der Waals surface area contributed by atoms with Crippen molar-refractivity contribution in [2.45, 2.75) is 63.6 Å². The van der Waals surface area contributed by atoms with Gasteiger partial charge in [-0.25, -0.2) is 0 Å². The van der Waals surface area contributed by atoms with Gasteiger partial charge in [0, 0.05) is 18.7 Å². The summed E-state index contributed by atoms with van der Waals surface area (Å²) in [5, 5.41) is 3.82. The third-order valence-electron chi connectivity index (χ3n) is 4.90. The molecule has 1 aliphatic carbocycles. The van der Waals surface area contributed by atoms with E-state index in [2.05, 4.69) is 43.4 Å². The first kappa shape index (κ1) is 13.1. The lowest BCUT2D eigenvalue weighted by atomic mass is 9.74. The fraction of sp³-hybridized carbons (Fsp3) is 0.647. The Labute approximate surface area is 116 Å². The zero-order chi connectivity index (χ0) is 13.3. The predicted molar refractivity (Wildman–Crippen MR) is 78.3 cm³/mol. The summed E-state index contributed by atoms with van der Waals surface area (Å²) in [5.74, 6) is 0. The van der Waals surface area contributed by atoms with Gasteiger partial charge in [0.15, 0.2) is 0 Å². The smallest absolute Gasteiger partial charge is 0.0697 e. The van der Waals surface area contributed by atoms with E-state index < -0.39 is 0 Å². The van der Waals surface area contributed by atoms with E-state index in [0.717, 1.165) is 13.0 Å². The molecule has 2 fully saturated rings. The molecule has 1 unspecified atom stereocenters. The van der Waals surface area contributed by atoms with Gasteiger partial charge in [-0.2, -0.15) is 0 Å². The van der Waals surface area contributed by atoms with Crippen LogP contribution in [-0.2, 0) is 4.74 Å². The van der Waals surface area contributed by atoms with Crippen LogP contribution >= 0.6 is 0 Å². The summed E-state index contributed by atoms with van der Waals surface area (Å²) in [6, 6.07) is 9.74. The summed E-state index contributed by atoms with van der Waals surface area (Å²) in [6.45, 7) is 5.41. The van der Waals surface area contributed by atoms with Gasteiger partial charge in [-0.1, -0.05) is 24.3 Å². The van der Waals surface area contributed by atoms with Crippen LogP contribution in [0.25, 0.3) is 0 Å². The Hall–Kier alpha value is -0.860. The minimum absolute atomic E-state index is 0.237. The van der Waals surface area contributed by atoms with Crippen molar-refractivity contribution in [2.24, 2.45) is 0 Å². The van der Waals surface area contributed by atoms with Crippen LogP contribution in [0.1, 0.15) is 56.2 Å². The molecule has 2 nitrogen and oxygen atoms in total. The standard InChI is InChI=1S/C17H25NO/c1-13-6-3-4-7-16(13)14(2)18-15-8-11-19-17(12-15)9-5-10-17/h3-4,6-7,14-15,18H,5,8-12H2,1-2H3/t14-,15?/m1/s1. The van der Waals surface area contributed by atoms with E-state index in [9.17, 15) is 0 Å². The van der Waals surface area contributed by atoms with E-state index in [1.165, 1.54) is 36.8 Å². The van der Waals surface area contributed by atoms with Crippen molar-refractivity contribution >= 4 is 0 Å². The van der Waals surface area contributed by atoms with Gasteiger partial charge in [-0.3, -0.25) is 0 Å². The molecule has 2 heteroatoms. The largest absolute Gasteiger partial charge is 0.375 e. The topological polar surface area (TPSA) is 21.3 Å². The number of nitrogens with one attached hydrogen (secondary N) is 1. The van der Waals surface area contributed by atoms with Gasteiger partial charge in [0.2, 0.25) is 0 Å². The van der Waals surface area contributed by atoms with E-state index in [-0.39, 0.29) is 5.60 Å². The first-order valence-electron chi connectivity index (χ1n) is 7.64. The maximum atomic E-state index is 6.00. The zero-order valence-electron chi connectivity index (χ0n) is 12.1. The molecule has 1 aliphatic heterocycles. The van der Waals surface area contributed by atoms with Gasteiger partial charge in [0.1, 0.15) is 0 Å². The molecule has 0 amide bonds. The van der Waals surface area contributed by atoms with Gasteiger partial charge >= 0.3 is 0 Å². The molecule has 0 aromatic heterocycles. The number of ether oxygens (including phenoxy) is 1. The van der Waals surface area contributed by atoms with Crippen molar-refractivity contribution in [3.8, 4) is 0 Å². The van der Waals surface area contributed by atoms with E-state index in [4.69, 9.17) is 4.74 Å². The van der Waals surface area contributed by atoms with Crippen molar-refractivity contribution in [1.29, 1.82) is 0 Å². The molecule has 19 heavy (non-hydrogen) atoms. The normalized spacial score (nSPS) is 26.9. The summed E-state index contributed by atoms with van der Waals surface area (Å²) in [6.07, 6.45) is 6.23. The maximum Gasteiger partial charge on any atom is 0.0697 e. The lowest BCUT2D eigenvalue weighted by Crippen LogP contribution is -2.51. The van der Waals surface area contributed by atoms with Gasteiger partial charge in [0.05, 0.1) is 5.60 Å². The molecule has 0 bridgehead atoms. The Morgan fingerprint density at radius 3 is 2.79 bits per heavy atom. The second kappa shape index (κ2) is 5.26. The molecular formula is C17H25NO. The average molecular weight is 259 g/mol. The molecule has 1 saturated carbocycles. The number of rotatable bonds is 3. The van der Waals surface area contributed by atoms with Crippen LogP contribution in [0, 0.1) is 6.92 Å². The summed E-state index contributed by atoms with van der Waals surface area (Å²) in [5.41, 5.74) is 3.05. The molecular weight excluding hydrogens is 234 g/mol. The van der Waals surface area contributed by atoms with Crippen LogP contribution in [0.15, 0.2) is 24.3 Å². The van der Waals surface area contributed by atoms with Crippen LogP contribution in [0.5, 0.6) is 0 Å². The second-order valence-electron chi connectivity index (χ2n) is 6.32. The summed E-state index contributed by atoms with van der Waals surface area (Å²) in [7, 11) is 0. The van der Waals surface area contributed by atoms with Crippen LogP contribution in [-0.4, -0.2) is 18.2 Å². The third kappa shape index (κ3) is 2.70. The van der Waals surface area contributed by atoms with Crippen LogP contribution in [0.2, 0.25) is 0 Å². The highest BCUT2D eigenvalue weighted by molar-refractivity contribution is 5.28. The lowest BCUT2D eigenvalue weighted by Gasteiger charge is -2.47. The van der Waals surface area contributed by atoms with Crippen molar-refractivity contribution in [3.63, 3.8) is 0 Å². The molecule has 1 N–H and O–H groups in total. The summed E-state index contributed by atoms with van der Waals surface area (Å²) in [4.78, 5) is 0. The molecule has 1 saturated heterocycles. The fourth-order valence-corrected chi connectivity index (χ4v) is 3.61. The maximum absolute atomic E-state index is 6.00. The molecule has 3 rings (SSSR count). The van der Waals surface area contributed by atoms with Crippen LogP contribution < -0.4 is 5.32 Å². The Morgan fingerprint density at radius 2 is 2.11 bits per heavy atom. The first-order chi connectivity index (χ1) is 9.19. The quantitative estimate of drug-likeness (QED) is 0.892. The third-order valence-corrected chi connectivity index (χ3v) is 4.90. The second-order valence-corrected chi connectivity index (χ2v) is 6.32. The van der Waals surface area contributed by atoms with Crippen molar-refractivity contribution < 1.29 is 4.74 Å². The van der Waals surface area contributed by atoms with Crippen molar-refractivity contribution in [1.82, 2.24) is 5.32 Å². The minimum atomic E-state index is 0.237. The first-order valence-corrected chi connectivity index (χ1v) is 7.64. The van der Waals surface area contributed by atoms with Crippen LogP contribution in [0.4, 0.5) is 0 Å². The number of benzene rings is 1. The molecule has 2 atom stereocenters. The predicted octanol–water partition coefficient (Wildman–Crippen LogP) is 3.75. The lowest BCUT2D eigenvalue weighted by molar-refractivity contribution is -0.136. The van der Waals surface area contributed by atoms with Crippen molar-refractivity contribution in [3.05, 3.63) is 35.4 Å². The highest BCUT2D eigenvalue weighted by Crippen LogP contribution is 2.42. The van der Waals surface area contributed by atoms with Gasteiger partial charge < -0.3 is 10.1 Å².